The fraction of sp³-hybridized carbons (Fsp3) is 0.364. The zero-order valence-electron chi connectivity index (χ0n) is 8.66. The third-order valence-corrected chi connectivity index (χ3v) is 3.86. The maximum Gasteiger partial charge on any atom is 0.235 e. The molecule has 2 nitrogen and oxygen atoms in total. The molecule has 0 saturated heterocycles. The second-order valence-corrected chi connectivity index (χ2v) is 5.18. The summed E-state index contributed by atoms with van der Waals surface area (Å²) < 4.78 is 1.06. The summed E-state index contributed by atoms with van der Waals surface area (Å²) in [5.74, 6) is 1.04. The van der Waals surface area contributed by atoms with Crippen LogP contribution in [-0.2, 0) is 4.79 Å². The number of benzene rings is 1. The molecule has 0 N–H and O–H groups in total. The topological polar surface area (TPSA) is 29.4 Å². The van der Waals surface area contributed by atoms with E-state index in [2.05, 4.69) is 27.8 Å². The first-order valence-electron chi connectivity index (χ1n) is 4.68. The Balaban J connectivity index is 2.95. The van der Waals surface area contributed by atoms with Crippen molar-refractivity contribution in [3.05, 3.63) is 28.2 Å². The molecule has 0 bridgehead atoms. The number of halogens is 1. The van der Waals surface area contributed by atoms with Crippen LogP contribution in [0, 0.1) is 0 Å². The number of hydrogen-bond donors (Lipinski definition) is 0. The van der Waals surface area contributed by atoms with Crippen LogP contribution in [0.3, 0.4) is 0 Å². The highest BCUT2D eigenvalue weighted by molar-refractivity contribution is 9.10. The van der Waals surface area contributed by atoms with E-state index in [1.807, 2.05) is 25.1 Å². The molecular formula is C11H12BrNOS. The summed E-state index contributed by atoms with van der Waals surface area (Å²) in [4.78, 5) is 15.0. The Bertz CT molecular complexity index is 388. The van der Waals surface area contributed by atoms with Gasteiger partial charge in [-0.1, -0.05) is 13.0 Å². The smallest absolute Gasteiger partial charge is 0.211 e. The number of aliphatic imine (C=N–C) groups is 1. The van der Waals surface area contributed by atoms with Crippen molar-refractivity contribution < 1.29 is 4.79 Å². The van der Waals surface area contributed by atoms with E-state index in [9.17, 15) is 4.79 Å². The maximum absolute atomic E-state index is 10.1. The summed E-state index contributed by atoms with van der Waals surface area (Å²) in [6, 6.07) is 5.92. The van der Waals surface area contributed by atoms with Crippen LogP contribution in [0.5, 0.6) is 0 Å². The van der Waals surface area contributed by atoms with E-state index in [1.54, 1.807) is 17.8 Å². The van der Waals surface area contributed by atoms with Gasteiger partial charge in [0.05, 0.1) is 6.04 Å². The van der Waals surface area contributed by atoms with Crippen molar-refractivity contribution in [3.8, 4) is 0 Å². The number of carbonyl (C=O) groups excluding carboxylic acids is 1. The molecule has 4 heteroatoms. The molecule has 1 unspecified atom stereocenters. The highest BCUT2D eigenvalue weighted by Crippen LogP contribution is 2.30. The third kappa shape index (κ3) is 3.49. The van der Waals surface area contributed by atoms with Crippen molar-refractivity contribution in [2.45, 2.75) is 24.8 Å². The minimum atomic E-state index is -0.125. The second-order valence-electron chi connectivity index (χ2n) is 3.02. The van der Waals surface area contributed by atoms with Gasteiger partial charge in [0.15, 0.2) is 0 Å². The Morgan fingerprint density at radius 3 is 2.87 bits per heavy atom. The van der Waals surface area contributed by atoms with E-state index in [1.165, 1.54) is 4.90 Å². The van der Waals surface area contributed by atoms with Gasteiger partial charge in [0.2, 0.25) is 6.08 Å². The molecule has 1 rings (SSSR count). The van der Waals surface area contributed by atoms with Gasteiger partial charge in [0.1, 0.15) is 0 Å². The van der Waals surface area contributed by atoms with Gasteiger partial charge >= 0.3 is 0 Å². The molecule has 0 aromatic heterocycles. The standard InChI is InChI=1S/C11H12BrNOS/c1-3-15-11-5-4-9(6-10(11)12)8(2)13-7-14/h4-6,8H,3H2,1-2H3. The molecule has 0 spiro atoms. The molecule has 1 aromatic carbocycles. The summed E-state index contributed by atoms with van der Waals surface area (Å²) in [7, 11) is 0. The fourth-order valence-corrected chi connectivity index (χ4v) is 2.62. The predicted molar refractivity (Wildman–Crippen MR) is 67.1 cm³/mol. The van der Waals surface area contributed by atoms with Crippen LogP contribution in [-0.4, -0.2) is 11.8 Å². The Morgan fingerprint density at radius 1 is 1.60 bits per heavy atom. The lowest BCUT2D eigenvalue weighted by Crippen LogP contribution is -1.89. The van der Waals surface area contributed by atoms with Gasteiger partial charge in [0.25, 0.3) is 0 Å². The number of nitrogens with zero attached hydrogens (tertiary/aromatic N) is 1. The van der Waals surface area contributed by atoms with Crippen molar-refractivity contribution >= 4 is 33.8 Å². The first-order valence-corrected chi connectivity index (χ1v) is 6.46. The van der Waals surface area contributed by atoms with Gasteiger partial charge in [0, 0.05) is 9.37 Å². The Labute approximate surface area is 102 Å². The maximum atomic E-state index is 10.1. The summed E-state index contributed by atoms with van der Waals surface area (Å²) in [5.41, 5.74) is 1.02. The quantitative estimate of drug-likeness (QED) is 0.476. The first-order chi connectivity index (χ1) is 7.19. The van der Waals surface area contributed by atoms with Gasteiger partial charge in [-0.2, -0.15) is 4.99 Å². The van der Waals surface area contributed by atoms with Crippen LogP contribution in [0.15, 0.2) is 32.6 Å². The van der Waals surface area contributed by atoms with E-state index in [0.717, 1.165) is 15.8 Å². The molecule has 0 fully saturated rings. The van der Waals surface area contributed by atoms with Crippen LogP contribution in [0.25, 0.3) is 0 Å². The number of hydrogen-bond acceptors (Lipinski definition) is 3. The lowest BCUT2D eigenvalue weighted by molar-refractivity contribution is 0.559. The minimum absolute atomic E-state index is 0.125. The SMILES string of the molecule is CCSc1ccc(C(C)N=C=O)cc1Br. The lowest BCUT2D eigenvalue weighted by atomic mass is 10.1. The number of rotatable bonds is 4. The average Bonchev–Trinajstić information content (AvgIpc) is 2.21. The lowest BCUT2D eigenvalue weighted by Gasteiger charge is -2.08. The van der Waals surface area contributed by atoms with E-state index in [4.69, 9.17) is 0 Å². The van der Waals surface area contributed by atoms with E-state index in [-0.39, 0.29) is 6.04 Å². The van der Waals surface area contributed by atoms with Crippen molar-refractivity contribution in [2.24, 2.45) is 4.99 Å². The van der Waals surface area contributed by atoms with Crippen LogP contribution < -0.4 is 0 Å². The molecule has 80 valence electrons. The molecule has 0 heterocycles. The van der Waals surface area contributed by atoms with Crippen LogP contribution in [0.2, 0.25) is 0 Å². The number of thioether (sulfide) groups is 1. The molecule has 1 atom stereocenters. The summed E-state index contributed by atoms with van der Waals surface area (Å²) >= 11 is 5.29. The molecule has 0 radical (unpaired) electrons. The minimum Gasteiger partial charge on any atom is -0.211 e. The van der Waals surface area contributed by atoms with E-state index in [0.29, 0.717) is 0 Å². The third-order valence-electron chi connectivity index (χ3n) is 1.98. The van der Waals surface area contributed by atoms with Crippen LogP contribution in [0.1, 0.15) is 25.5 Å². The normalized spacial score (nSPS) is 11.9. The Morgan fingerprint density at radius 2 is 2.33 bits per heavy atom. The summed E-state index contributed by atoms with van der Waals surface area (Å²) in [5, 5.41) is 0. The van der Waals surface area contributed by atoms with Gasteiger partial charge < -0.3 is 0 Å². The highest BCUT2D eigenvalue weighted by atomic mass is 79.9. The van der Waals surface area contributed by atoms with Crippen molar-refractivity contribution in [1.82, 2.24) is 0 Å². The Kier molecular flexibility index (Phi) is 5.09. The number of isocyanates is 1. The van der Waals surface area contributed by atoms with Crippen molar-refractivity contribution in [3.63, 3.8) is 0 Å². The highest BCUT2D eigenvalue weighted by Gasteiger charge is 2.06. The fourth-order valence-electron chi connectivity index (χ4n) is 1.20. The average molecular weight is 286 g/mol. The Hall–Kier alpha value is -0.570. The largest absolute Gasteiger partial charge is 0.235 e. The van der Waals surface area contributed by atoms with Gasteiger partial charge in [-0.3, -0.25) is 0 Å². The molecule has 15 heavy (non-hydrogen) atoms. The van der Waals surface area contributed by atoms with Gasteiger partial charge in [-0.25, -0.2) is 4.79 Å². The second kappa shape index (κ2) is 6.11. The van der Waals surface area contributed by atoms with Gasteiger partial charge in [-0.05, 0) is 46.3 Å². The molecule has 0 aliphatic heterocycles. The summed E-state index contributed by atoms with van der Waals surface area (Å²) in [6.07, 6.45) is 1.58. The summed E-state index contributed by atoms with van der Waals surface area (Å²) in [6.45, 7) is 3.99. The predicted octanol–water partition coefficient (Wildman–Crippen LogP) is 3.96. The van der Waals surface area contributed by atoms with E-state index >= 15 is 0 Å². The van der Waals surface area contributed by atoms with Crippen molar-refractivity contribution in [1.29, 1.82) is 0 Å². The van der Waals surface area contributed by atoms with Gasteiger partial charge in [-0.15, -0.1) is 11.8 Å². The molecule has 0 amide bonds. The monoisotopic (exact) mass is 285 g/mol. The molecule has 0 saturated carbocycles. The zero-order chi connectivity index (χ0) is 11.3. The zero-order valence-corrected chi connectivity index (χ0v) is 11.1. The molecule has 1 aromatic rings. The molecule has 0 aliphatic carbocycles. The van der Waals surface area contributed by atoms with E-state index < -0.39 is 0 Å². The first kappa shape index (κ1) is 12.5. The van der Waals surface area contributed by atoms with Crippen LogP contribution in [0.4, 0.5) is 0 Å². The van der Waals surface area contributed by atoms with Crippen molar-refractivity contribution in [2.75, 3.05) is 5.75 Å². The van der Waals surface area contributed by atoms with Crippen LogP contribution >= 0.6 is 27.7 Å². The molecule has 0 aliphatic rings. The molecular weight excluding hydrogens is 274 g/mol.